The highest BCUT2D eigenvalue weighted by Crippen LogP contribution is 2.51. The molecule has 1 fully saturated rings. The average Bonchev–Trinajstić information content (AvgIpc) is 2.87. The van der Waals surface area contributed by atoms with Gasteiger partial charge in [0.15, 0.2) is 5.09 Å². The van der Waals surface area contributed by atoms with E-state index in [0.29, 0.717) is 10.8 Å². The predicted octanol–water partition coefficient (Wildman–Crippen LogP) is 2.33. The fraction of sp³-hybridized carbons (Fsp3) is 0.455. The summed E-state index contributed by atoms with van der Waals surface area (Å²) in [6, 6.07) is 1.37. The van der Waals surface area contributed by atoms with E-state index in [0.717, 1.165) is 25.7 Å². The second-order valence-electron chi connectivity index (χ2n) is 4.37. The topological polar surface area (TPSA) is 79.5 Å². The van der Waals surface area contributed by atoms with Gasteiger partial charge in [-0.05, 0) is 12.8 Å². The van der Waals surface area contributed by atoms with Crippen LogP contribution in [0.25, 0.3) is 0 Å². The standard InChI is InChI=1S/C11H11NO4S/c13-8(14)7-5-6-9(16-7)17-11(10(15)12-6)3-1-2-4-11/h5H,1-4H2,(H,12,15)(H,13,14). The summed E-state index contributed by atoms with van der Waals surface area (Å²) in [5.74, 6) is -1.27. The van der Waals surface area contributed by atoms with E-state index in [-0.39, 0.29) is 11.7 Å². The van der Waals surface area contributed by atoms with Crippen LogP contribution < -0.4 is 5.32 Å². The van der Waals surface area contributed by atoms with Crippen LogP contribution >= 0.6 is 11.8 Å². The molecule has 6 heteroatoms. The Hall–Kier alpha value is -1.43. The molecule has 3 rings (SSSR count). The second-order valence-corrected chi connectivity index (χ2v) is 5.73. The first-order valence-electron chi connectivity index (χ1n) is 5.48. The first kappa shape index (κ1) is 10.7. The summed E-state index contributed by atoms with van der Waals surface area (Å²) in [7, 11) is 0. The molecule has 2 N–H and O–H groups in total. The maximum absolute atomic E-state index is 12.0. The van der Waals surface area contributed by atoms with Crippen molar-refractivity contribution in [1.82, 2.24) is 0 Å². The second kappa shape index (κ2) is 3.53. The average molecular weight is 253 g/mol. The van der Waals surface area contributed by atoms with E-state index in [1.807, 2.05) is 0 Å². The van der Waals surface area contributed by atoms with E-state index in [9.17, 15) is 9.59 Å². The fourth-order valence-electron chi connectivity index (χ4n) is 2.38. The lowest BCUT2D eigenvalue weighted by molar-refractivity contribution is -0.118. The Balaban J connectivity index is 1.99. The number of carboxylic acids is 1. The number of hydrogen-bond donors (Lipinski definition) is 2. The van der Waals surface area contributed by atoms with Crippen LogP contribution in [0.5, 0.6) is 0 Å². The third-order valence-corrected chi connectivity index (χ3v) is 4.74. The number of nitrogens with one attached hydrogen (secondary N) is 1. The van der Waals surface area contributed by atoms with Crippen LogP contribution in [0.2, 0.25) is 0 Å². The van der Waals surface area contributed by atoms with Gasteiger partial charge in [-0.25, -0.2) is 4.79 Å². The molecule has 1 aromatic heterocycles. The molecule has 0 unspecified atom stereocenters. The summed E-state index contributed by atoms with van der Waals surface area (Å²) >= 11 is 1.37. The van der Waals surface area contributed by atoms with Crippen molar-refractivity contribution in [3.63, 3.8) is 0 Å². The van der Waals surface area contributed by atoms with E-state index in [4.69, 9.17) is 9.52 Å². The molecule has 2 heterocycles. The van der Waals surface area contributed by atoms with E-state index in [1.54, 1.807) is 0 Å². The molecule has 0 atom stereocenters. The summed E-state index contributed by atoms with van der Waals surface area (Å²) in [5.41, 5.74) is 0.481. The molecule has 2 aliphatic rings. The summed E-state index contributed by atoms with van der Waals surface area (Å²) in [5, 5.41) is 12.1. The van der Waals surface area contributed by atoms with E-state index in [1.165, 1.54) is 17.8 Å². The number of fused-ring (bicyclic) bond motifs is 1. The molecule has 1 aromatic rings. The van der Waals surface area contributed by atoms with Gasteiger partial charge in [0, 0.05) is 6.07 Å². The molecule has 1 amide bonds. The smallest absolute Gasteiger partial charge is 0.371 e. The lowest BCUT2D eigenvalue weighted by atomic mass is 10.1. The first-order valence-corrected chi connectivity index (χ1v) is 6.30. The van der Waals surface area contributed by atoms with Crippen molar-refractivity contribution in [3.05, 3.63) is 11.8 Å². The summed E-state index contributed by atoms with van der Waals surface area (Å²) < 4.78 is 4.81. The largest absolute Gasteiger partial charge is 0.475 e. The molecule has 0 saturated heterocycles. The Morgan fingerprint density at radius 1 is 1.47 bits per heavy atom. The zero-order valence-corrected chi connectivity index (χ0v) is 9.80. The molecule has 90 valence electrons. The zero-order valence-electron chi connectivity index (χ0n) is 8.99. The molecule has 1 aliphatic carbocycles. The van der Waals surface area contributed by atoms with Gasteiger partial charge in [-0.1, -0.05) is 24.6 Å². The molecular formula is C11H11NO4S. The van der Waals surface area contributed by atoms with Crippen LogP contribution in [0.15, 0.2) is 15.6 Å². The normalized spacial score (nSPS) is 21.3. The number of rotatable bonds is 1. The number of hydrogen-bond acceptors (Lipinski definition) is 4. The Bertz CT molecular complexity index is 502. The number of anilines is 1. The van der Waals surface area contributed by atoms with Crippen molar-refractivity contribution in [2.75, 3.05) is 5.32 Å². The minimum atomic E-state index is -1.12. The van der Waals surface area contributed by atoms with Gasteiger partial charge in [-0.2, -0.15) is 0 Å². The fourth-order valence-corrected chi connectivity index (χ4v) is 3.72. The highest BCUT2D eigenvalue weighted by Gasteiger charge is 2.47. The lowest BCUT2D eigenvalue weighted by Crippen LogP contribution is -2.39. The highest BCUT2D eigenvalue weighted by molar-refractivity contribution is 8.01. The van der Waals surface area contributed by atoms with Gasteiger partial charge in [0.2, 0.25) is 11.7 Å². The molecule has 1 aliphatic heterocycles. The van der Waals surface area contributed by atoms with Crippen LogP contribution in [0.4, 0.5) is 5.69 Å². The lowest BCUT2D eigenvalue weighted by Gasteiger charge is -2.29. The van der Waals surface area contributed by atoms with Gasteiger partial charge in [-0.15, -0.1) is 0 Å². The molecule has 0 radical (unpaired) electrons. The Kier molecular flexibility index (Phi) is 2.22. The number of carboxylic acid groups (broad SMARTS) is 1. The maximum Gasteiger partial charge on any atom is 0.371 e. The number of furan rings is 1. The molecule has 0 aromatic carbocycles. The zero-order chi connectivity index (χ0) is 12.0. The van der Waals surface area contributed by atoms with Crippen LogP contribution in [-0.4, -0.2) is 21.7 Å². The maximum atomic E-state index is 12.0. The van der Waals surface area contributed by atoms with Crippen molar-refractivity contribution in [2.24, 2.45) is 0 Å². The molecule has 1 saturated carbocycles. The third kappa shape index (κ3) is 1.55. The number of aromatic carboxylic acids is 1. The Morgan fingerprint density at radius 3 is 2.82 bits per heavy atom. The summed E-state index contributed by atoms with van der Waals surface area (Å²) in [6.45, 7) is 0. The quantitative estimate of drug-likeness (QED) is 0.803. The molecule has 17 heavy (non-hydrogen) atoms. The summed E-state index contributed by atoms with van der Waals surface area (Å²) in [6.07, 6.45) is 3.71. The van der Waals surface area contributed by atoms with Crippen LogP contribution in [-0.2, 0) is 4.79 Å². The van der Waals surface area contributed by atoms with Crippen molar-refractivity contribution >= 4 is 29.3 Å². The van der Waals surface area contributed by atoms with Gasteiger partial charge in [0.25, 0.3) is 0 Å². The van der Waals surface area contributed by atoms with Crippen molar-refractivity contribution < 1.29 is 19.1 Å². The highest BCUT2D eigenvalue weighted by atomic mass is 32.2. The summed E-state index contributed by atoms with van der Waals surface area (Å²) in [4.78, 5) is 22.8. The molecule has 0 bridgehead atoms. The first-order chi connectivity index (χ1) is 8.11. The third-order valence-electron chi connectivity index (χ3n) is 3.27. The number of carbonyl (C=O) groups is 2. The number of carbonyl (C=O) groups excluding carboxylic acids is 1. The predicted molar refractivity (Wildman–Crippen MR) is 61.4 cm³/mol. The van der Waals surface area contributed by atoms with Gasteiger partial charge in [-0.3, -0.25) is 4.79 Å². The van der Waals surface area contributed by atoms with Crippen molar-refractivity contribution in [3.8, 4) is 0 Å². The Morgan fingerprint density at radius 2 is 2.18 bits per heavy atom. The van der Waals surface area contributed by atoms with Crippen LogP contribution in [0.1, 0.15) is 36.2 Å². The Labute approximate surface area is 102 Å². The number of amides is 1. The number of thioether (sulfide) groups is 1. The van der Waals surface area contributed by atoms with Gasteiger partial charge < -0.3 is 14.8 Å². The van der Waals surface area contributed by atoms with Gasteiger partial charge in [0.05, 0.1) is 5.69 Å². The van der Waals surface area contributed by atoms with E-state index >= 15 is 0 Å². The minimum Gasteiger partial charge on any atom is -0.475 e. The van der Waals surface area contributed by atoms with Crippen molar-refractivity contribution in [1.29, 1.82) is 0 Å². The SMILES string of the molecule is O=C(O)c1cc2c(o1)SC1(CCCC1)C(=O)N2. The van der Waals surface area contributed by atoms with Crippen LogP contribution in [0, 0.1) is 0 Å². The minimum absolute atomic E-state index is 0.0229. The van der Waals surface area contributed by atoms with E-state index in [2.05, 4.69) is 5.32 Å². The van der Waals surface area contributed by atoms with Gasteiger partial charge in [0.1, 0.15) is 4.75 Å². The van der Waals surface area contributed by atoms with E-state index < -0.39 is 10.7 Å². The van der Waals surface area contributed by atoms with Crippen LogP contribution in [0.3, 0.4) is 0 Å². The molecular weight excluding hydrogens is 242 g/mol. The molecule has 1 spiro atoms. The van der Waals surface area contributed by atoms with Gasteiger partial charge >= 0.3 is 5.97 Å². The molecule has 5 nitrogen and oxygen atoms in total. The monoisotopic (exact) mass is 253 g/mol. The van der Waals surface area contributed by atoms with Crippen molar-refractivity contribution in [2.45, 2.75) is 35.5 Å².